The molecule has 1 aromatic carbocycles. The molecule has 1 aliphatic carbocycles. The zero-order valence-electron chi connectivity index (χ0n) is 15.7. The van der Waals surface area contributed by atoms with Gasteiger partial charge in [-0.2, -0.15) is 0 Å². The van der Waals surface area contributed by atoms with Gasteiger partial charge in [0.15, 0.2) is 0 Å². The molecule has 0 radical (unpaired) electrons. The molecule has 2 aliphatic rings. The molecule has 1 unspecified atom stereocenters. The number of nitrogens with one attached hydrogen (secondary N) is 2. The third-order valence-corrected chi connectivity index (χ3v) is 5.05. The van der Waals surface area contributed by atoms with E-state index in [-0.39, 0.29) is 23.6 Å². The lowest BCUT2D eigenvalue weighted by Crippen LogP contribution is -2.43. The van der Waals surface area contributed by atoms with Gasteiger partial charge in [0.2, 0.25) is 17.7 Å². The number of carbonyl (C=O) groups excluding carboxylic acids is 3. The molecule has 3 rings (SSSR count). The number of amides is 3. The molecule has 1 aliphatic heterocycles. The van der Waals surface area contributed by atoms with E-state index in [1.807, 2.05) is 0 Å². The van der Waals surface area contributed by atoms with Crippen LogP contribution in [0.3, 0.4) is 0 Å². The maximum Gasteiger partial charge on any atom is 0.247 e. The predicted octanol–water partition coefficient (Wildman–Crippen LogP) is 1.93. The standard InChI is InChI=1S/C20H27N3O4/c1-27-16-10-8-15(9-11-16)22-20(26)17-4-3-13-23(17)18(24)5-2-12-21-19(25)14-6-7-14/h8-11,14,17H,2-7,12-13H2,1H3,(H,21,25)(H,22,26). The number of nitrogens with zero attached hydrogens (tertiary/aromatic N) is 1. The van der Waals surface area contributed by atoms with Crippen molar-refractivity contribution in [3.05, 3.63) is 24.3 Å². The van der Waals surface area contributed by atoms with Crippen molar-refractivity contribution in [3.8, 4) is 5.75 Å². The molecule has 1 saturated heterocycles. The smallest absolute Gasteiger partial charge is 0.247 e. The fourth-order valence-corrected chi connectivity index (χ4v) is 3.32. The first kappa shape index (κ1) is 19.2. The van der Waals surface area contributed by atoms with Gasteiger partial charge >= 0.3 is 0 Å². The van der Waals surface area contributed by atoms with Crippen LogP contribution in [0.1, 0.15) is 38.5 Å². The SMILES string of the molecule is COc1ccc(NC(=O)C2CCCN2C(=O)CCCNC(=O)C2CC2)cc1. The van der Waals surface area contributed by atoms with Crippen LogP contribution in [0.25, 0.3) is 0 Å². The number of methoxy groups -OCH3 is 1. The average Bonchev–Trinajstić information content (AvgIpc) is 3.41. The number of benzene rings is 1. The number of hydrogen-bond donors (Lipinski definition) is 2. The Hall–Kier alpha value is -2.57. The molecule has 7 heteroatoms. The van der Waals surface area contributed by atoms with Gasteiger partial charge in [-0.3, -0.25) is 14.4 Å². The number of anilines is 1. The van der Waals surface area contributed by atoms with Gasteiger partial charge < -0.3 is 20.3 Å². The largest absolute Gasteiger partial charge is 0.497 e. The van der Waals surface area contributed by atoms with Gasteiger partial charge in [-0.05, 0) is 56.4 Å². The van der Waals surface area contributed by atoms with Crippen molar-refractivity contribution in [2.75, 3.05) is 25.5 Å². The summed E-state index contributed by atoms with van der Waals surface area (Å²) < 4.78 is 5.11. The van der Waals surface area contributed by atoms with Crippen LogP contribution in [0.2, 0.25) is 0 Å². The number of hydrogen-bond acceptors (Lipinski definition) is 4. The summed E-state index contributed by atoms with van der Waals surface area (Å²) in [5, 5.41) is 5.74. The first-order chi connectivity index (χ1) is 13.1. The van der Waals surface area contributed by atoms with Gasteiger partial charge in [0, 0.05) is 31.1 Å². The fraction of sp³-hybridized carbons (Fsp3) is 0.550. The number of likely N-dealkylation sites (tertiary alicyclic amines) is 1. The summed E-state index contributed by atoms with van der Waals surface area (Å²) in [6, 6.07) is 6.69. The molecule has 2 N–H and O–H groups in total. The van der Waals surface area contributed by atoms with Crippen LogP contribution in [0.5, 0.6) is 5.75 Å². The second-order valence-electron chi connectivity index (χ2n) is 7.13. The van der Waals surface area contributed by atoms with Gasteiger partial charge in [0.25, 0.3) is 0 Å². The lowest BCUT2D eigenvalue weighted by atomic mass is 10.2. The van der Waals surface area contributed by atoms with Crippen molar-refractivity contribution in [1.29, 1.82) is 0 Å². The Labute approximate surface area is 159 Å². The van der Waals surface area contributed by atoms with E-state index in [1.165, 1.54) is 0 Å². The molecule has 0 spiro atoms. The van der Waals surface area contributed by atoms with Gasteiger partial charge in [-0.15, -0.1) is 0 Å². The summed E-state index contributed by atoms with van der Waals surface area (Å²) in [4.78, 5) is 38.4. The van der Waals surface area contributed by atoms with Crippen LogP contribution >= 0.6 is 0 Å². The molecule has 7 nitrogen and oxygen atoms in total. The van der Waals surface area contributed by atoms with E-state index < -0.39 is 6.04 Å². The molecular weight excluding hydrogens is 346 g/mol. The maximum atomic E-state index is 12.6. The lowest BCUT2D eigenvalue weighted by molar-refractivity contribution is -0.136. The summed E-state index contributed by atoms with van der Waals surface area (Å²) in [7, 11) is 1.59. The van der Waals surface area contributed by atoms with E-state index in [1.54, 1.807) is 36.3 Å². The van der Waals surface area contributed by atoms with Gasteiger partial charge in [0.05, 0.1) is 7.11 Å². The Morgan fingerprint density at radius 1 is 1.11 bits per heavy atom. The molecule has 3 amide bonds. The second-order valence-corrected chi connectivity index (χ2v) is 7.13. The summed E-state index contributed by atoms with van der Waals surface area (Å²) in [6.07, 6.45) is 4.39. The quantitative estimate of drug-likeness (QED) is 0.682. The van der Waals surface area contributed by atoms with Gasteiger partial charge in [0.1, 0.15) is 11.8 Å². The van der Waals surface area contributed by atoms with Crippen LogP contribution in [0, 0.1) is 5.92 Å². The third-order valence-electron chi connectivity index (χ3n) is 5.05. The topological polar surface area (TPSA) is 87.7 Å². The minimum atomic E-state index is -0.430. The molecule has 27 heavy (non-hydrogen) atoms. The molecule has 1 atom stereocenters. The molecular formula is C20H27N3O4. The third kappa shape index (κ3) is 5.21. The Balaban J connectivity index is 1.45. The molecule has 1 saturated carbocycles. The van der Waals surface area contributed by atoms with Crippen molar-refractivity contribution in [2.24, 2.45) is 5.92 Å². The second kappa shape index (κ2) is 8.88. The number of carbonyl (C=O) groups is 3. The van der Waals surface area contributed by atoms with Gasteiger partial charge in [-0.1, -0.05) is 0 Å². The molecule has 1 aromatic rings. The van der Waals surface area contributed by atoms with Crippen molar-refractivity contribution in [3.63, 3.8) is 0 Å². The predicted molar refractivity (Wildman–Crippen MR) is 101 cm³/mol. The minimum Gasteiger partial charge on any atom is -0.497 e. The first-order valence-corrected chi connectivity index (χ1v) is 9.60. The highest BCUT2D eigenvalue weighted by Crippen LogP contribution is 2.28. The molecule has 1 heterocycles. The average molecular weight is 373 g/mol. The van der Waals surface area contributed by atoms with E-state index in [0.29, 0.717) is 38.0 Å². The van der Waals surface area contributed by atoms with Crippen LogP contribution in [-0.4, -0.2) is 48.9 Å². The first-order valence-electron chi connectivity index (χ1n) is 9.60. The van der Waals surface area contributed by atoms with Crippen molar-refractivity contribution >= 4 is 23.4 Å². The van der Waals surface area contributed by atoms with Crippen molar-refractivity contribution in [1.82, 2.24) is 10.2 Å². The van der Waals surface area contributed by atoms with E-state index in [9.17, 15) is 14.4 Å². The normalized spacial score (nSPS) is 18.9. The molecule has 2 fully saturated rings. The fourth-order valence-electron chi connectivity index (χ4n) is 3.32. The number of rotatable bonds is 8. The zero-order chi connectivity index (χ0) is 19.2. The lowest BCUT2D eigenvalue weighted by Gasteiger charge is -2.24. The van der Waals surface area contributed by atoms with E-state index in [4.69, 9.17) is 4.74 Å². The van der Waals surface area contributed by atoms with Crippen molar-refractivity contribution < 1.29 is 19.1 Å². The maximum absolute atomic E-state index is 12.6. The molecule has 0 bridgehead atoms. The summed E-state index contributed by atoms with van der Waals surface area (Å²) in [5.74, 6) is 0.821. The Morgan fingerprint density at radius 3 is 2.52 bits per heavy atom. The van der Waals surface area contributed by atoms with E-state index >= 15 is 0 Å². The molecule has 146 valence electrons. The molecule has 0 aromatic heterocycles. The summed E-state index contributed by atoms with van der Waals surface area (Å²) in [5.41, 5.74) is 0.683. The Morgan fingerprint density at radius 2 is 1.85 bits per heavy atom. The highest BCUT2D eigenvalue weighted by atomic mass is 16.5. The van der Waals surface area contributed by atoms with Crippen LogP contribution < -0.4 is 15.4 Å². The van der Waals surface area contributed by atoms with E-state index in [2.05, 4.69) is 10.6 Å². The summed E-state index contributed by atoms with van der Waals surface area (Å²) >= 11 is 0. The zero-order valence-corrected chi connectivity index (χ0v) is 15.7. The highest BCUT2D eigenvalue weighted by Gasteiger charge is 2.34. The monoisotopic (exact) mass is 373 g/mol. The van der Waals surface area contributed by atoms with Gasteiger partial charge in [-0.25, -0.2) is 0 Å². The Kier molecular flexibility index (Phi) is 6.32. The van der Waals surface area contributed by atoms with E-state index in [0.717, 1.165) is 25.0 Å². The highest BCUT2D eigenvalue weighted by molar-refractivity contribution is 5.97. The van der Waals surface area contributed by atoms with Crippen molar-refractivity contribution in [2.45, 2.75) is 44.6 Å². The van der Waals surface area contributed by atoms with Crippen LogP contribution in [-0.2, 0) is 14.4 Å². The Bertz CT molecular complexity index is 685. The van der Waals surface area contributed by atoms with Crippen LogP contribution in [0.15, 0.2) is 24.3 Å². The minimum absolute atomic E-state index is 0.0250. The summed E-state index contributed by atoms with van der Waals surface area (Å²) in [6.45, 7) is 1.12. The number of ether oxygens (including phenoxy) is 1. The van der Waals surface area contributed by atoms with Crippen LogP contribution in [0.4, 0.5) is 5.69 Å².